The standard InChI is InChI=1S/C9H22NO/c1-4-7-8-10(5-2,6-3)9-11/h11H,4-9H2,1-3H3/q+1. The van der Waals surface area contributed by atoms with Crippen LogP contribution in [0.5, 0.6) is 0 Å². The lowest BCUT2D eigenvalue weighted by molar-refractivity contribution is -0.942. The summed E-state index contributed by atoms with van der Waals surface area (Å²) in [6.45, 7) is 10.0. The number of hydrogen-bond acceptors (Lipinski definition) is 1. The van der Waals surface area contributed by atoms with E-state index in [1.165, 1.54) is 12.8 Å². The number of aliphatic hydroxyl groups excluding tert-OH is 1. The Labute approximate surface area is 70.4 Å². The first-order chi connectivity index (χ1) is 5.24. The Kier molecular flexibility index (Phi) is 5.51. The van der Waals surface area contributed by atoms with E-state index >= 15 is 0 Å². The van der Waals surface area contributed by atoms with Gasteiger partial charge in [0.2, 0.25) is 0 Å². The summed E-state index contributed by atoms with van der Waals surface area (Å²) in [5.41, 5.74) is 0. The molecule has 0 saturated carbocycles. The fourth-order valence-corrected chi connectivity index (χ4v) is 1.30. The molecule has 0 aliphatic carbocycles. The lowest BCUT2D eigenvalue weighted by atomic mass is 10.2. The first kappa shape index (κ1) is 10.9. The van der Waals surface area contributed by atoms with E-state index in [4.69, 9.17) is 0 Å². The normalized spacial score (nSPS) is 12.0. The first-order valence-corrected chi connectivity index (χ1v) is 4.70. The van der Waals surface area contributed by atoms with Crippen LogP contribution < -0.4 is 0 Å². The molecule has 0 aliphatic rings. The first-order valence-electron chi connectivity index (χ1n) is 4.70. The van der Waals surface area contributed by atoms with Gasteiger partial charge in [-0.25, -0.2) is 0 Å². The summed E-state index contributed by atoms with van der Waals surface area (Å²) >= 11 is 0. The van der Waals surface area contributed by atoms with Gasteiger partial charge < -0.3 is 9.59 Å². The molecule has 0 amide bonds. The van der Waals surface area contributed by atoms with Crippen molar-refractivity contribution in [3.8, 4) is 0 Å². The lowest BCUT2D eigenvalue weighted by Gasteiger charge is -2.34. The van der Waals surface area contributed by atoms with Crippen LogP contribution in [-0.2, 0) is 0 Å². The third kappa shape index (κ3) is 3.21. The summed E-state index contributed by atoms with van der Waals surface area (Å²) in [4.78, 5) is 0. The molecule has 0 aromatic carbocycles. The molecule has 2 heteroatoms. The fourth-order valence-electron chi connectivity index (χ4n) is 1.30. The quantitative estimate of drug-likeness (QED) is 0.462. The molecule has 0 aliphatic heterocycles. The summed E-state index contributed by atoms with van der Waals surface area (Å²) in [7, 11) is 0. The largest absolute Gasteiger partial charge is 0.347 e. The molecule has 0 rings (SSSR count). The monoisotopic (exact) mass is 160 g/mol. The summed E-state index contributed by atoms with van der Waals surface area (Å²) in [6, 6.07) is 0. The van der Waals surface area contributed by atoms with Gasteiger partial charge in [0.05, 0.1) is 19.6 Å². The van der Waals surface area contributed by atoms with Crippen molar-refractivity contribution in [2.24, 2.45) is 0 Å². The fraction of sp³-hybridized carbons (Fsp3) is 1.00. The molecule has 0 bridgehead atoms. The Bertz CT molecular complexity index is 81.3. The molecule has 1 N–H and O–H groups in total. The highest BCUT2D eigenvalue weighted by molar-refractivity contribution is 4.36. The van der Waals surface area contributed by atoms with Crippen molar-refractivity contribution in [1.82, 2.24) is 0 Å². The Hall–Kier alpha value is -0.0800. The van der Waals surface area contributed by atoms with Gasteiger partial charge in [0.15, 0.2) is 6.73 Å². The van der Waals surface area contributed by atoms with E-state index in [-0.39, 0.29) is 0 Å². The maximum absolute atomic E-state index is 9.18. The van der Waals surface area contributed by atoms with Crippen molar-refractivity contribution in [2.75, 3.05) is 26.4 Å². The van der Waals surface area contributed by atoms with Crippen LogP contribution in [0.4, 0.5) is 0 Å². The van der Waals surface area contributed by atoms with Crippen molar-refractivity contribution in [2.45, 2.75) is 33.6 Å². The third-order valence-electron chi connectivity index (χ3n) is 2.63. The number of quaternary nitrogens is 1. The molecule has 0 unspecified atom stereocenters. The highest BCUT2D eigenvalue weighted by Gasteiger charge is 2.20. The van der Waals surface area contributed by atoms with E-state index in [0.29, 0.717) is 6.73 Å². The minimum Gasteiger partial charge on any atom is -0.347 e. The van der Waals surface area contributed by atoms with Crippen LogP contribution in [0.2, 0.25) is 0 Å². The number of hydrogen-bond donors (Lipinski definition) is 1. The van der Waals surface area contributed by atoms with E-state index in [1.807, 2.05) is 0 Å². The summed E-state index contributed by atoms with van der Waals surface area (Å²) in [5, 5.41) is 9.18. The van der Waals surface area contributed by atoms with E-state index in [1.54, 1.807) is 0 Å². The molecule has 0 spiro atoms. The van der Waals surface area contributed by atoms with Gasteiger partial charge in [-0.1, -0.05) is 13.3 Å². The van der Waals surface area contributed by atoms with Crippen LogP contribution in [-0.4, -0.2) is 36.0 Å². The molecular formula is C9H22NO+. The Morgan fingerprint density at radius 2 is 1.64 bits per heavy atom. The van der Waals surface area contributed by atoms with Gasteiger partial charge in [-0.15, -0.1) is 0 Å². The average Bonchev–Trinajstić information content (AvgIpc) is 2.08. The zero-order valence-corrected chi connectivity index (χ0v) is 8.14. The predicted molar refractivity (Wildman–Crippen MR) is 48.2 cm³/mol. The average molecular weight is 160 g/mol. The van der Waals surface area contributed by atoms with Crippen molar-refractivity contribution in [1.29, 1.82) is 0 Å². The number of unbranched alkanes of at least 4 members (excludes halogenated alkanes) is 1. The maximum Gasteiger partial charge on any atom is 0.180 e. The Morgan fingerprint density at radius 3 is 1.91 bits per heavy atom. The van der Waals surface area contributed by atoms with Crippen LogP contribution in [0.25, 0.3) is 0 Å². The van der Waals surface area contributed by atoms with Crippen LogP contribution in [0.3, 0.4) is 0 Å². The van der Waals surface area contributed by atoms with Crippen molar-refractivity contribution in [3.63, 3.8) is 0 Å². The lowest BCUT2D eigenvalue weighted by Crippen LogP contribution is -2.48. The molecule has 0 fully saturated rings. The molecule has 0 radical (unpaired) electrons. The second-order valence-corrected chi connectivity index (χ2v) is 3.19. The molecule has 11 heavy (non-hydrogen) atoms. The predicted octanol–water partition coefficient (Wildman–Crippen LogP) is 1.59. The van der Waals surface area contributed by atoms with Crippen LogP contribution in [0.1, 0.15) is 33.6 Å². The molecule has 2 nitrogen and oxygen atoms in total. The van der Waals surface area contributed by atoms with E-state index in [2.05, 4.69) is 20.8 Å². The summed E-state index contributed by atoms with van der Waals surface area (Å²) < 4.78 is 0.869. The van der Waals surface area contributed by atoms with Gasteiger partial charge in [-0.05, 0) is 20.3 Å². The van der Waals surface area contributed by atoms with Crippen LogP contribution >= 0.6 is 0 Å². The summed E-state index contributed by atoms with van der Waals surface area (Å²) in [6.07, 6.45) is 2.45. The van der Waals surface area contributed by atoms with Gasteiger partial charge in [0.1, 0.15) is 0 Å². The van der Waals surface area contributed by atoms with Crippen molar-refractivity contribution < 1.29 is 9.59 Å². The minimum atomic E-state index is 0.299. The highest BCUT2D eigenvalue weighted by atomic mass is 16.3. The molecule has 0 heterocycles. The molecule has 0 saturated heterocycles. The minimum absolute atomic E-state index is 0.299. The van der Waals surface area contributed by atoms with Crippen molar-refractivity contribution in [3.05, 3.63) is 0 Å². The smallest absolute Gasteiger partial charge is 0.180 e. The molecule has 0 aromatic rings. The Balaban J connectivity index is 3.84. The van der Waals surface area contributed by atoms with Crippen molar-refractivity contribution >= 4 is 0 Å². The SMILES string of the molecule is CCCC[N+](CC)(CC)CO. The Morgan fingerprint density at radius 1 is 1.09 bits per heavy atom. The number of rotatable bonds is 6. The second-order valence-electron chi connectivity index (χ2n) is 3.19. The van der Waals surface area contributed by atoms with Crippen LogP contribution in [0, 0.1) is 0 Å². The van der Waals surface area contributed by atoms with Gasteiger partial charge >= 0.3 is 0 Å². The zero-order chi connectivity index (χ0) is 8.74. The topological polar surface area (TPSA) is 20.2 Å². The molecule has 68 valence electrons. The molecule has 0 atom stereocenters. The van der Waals surface area contributed by atoms with Gasteiger partial charge in [-0.2, -0.15) is 0 Å². The van der Waals surface area contributed by atoms with Gasteiger partial charge in [0.25, 0.3) is 0 Å². The maximum atomic E-state index is 9.18. The molecule has 0 aromatic heterocycles. The highest BCUT2D eigenvalue weighted by Crippen LogP contribution is 2.06. The van der Waals surface area contributed by atoms with Gasteiger partial charge in [-0.3, -0.25) is 0 Å². The van der Waals surface area contributed by atoms with E-state index in [0.717, 1.165) is 24.1 Å². The van der Waals surface area contributed by atoms with Gasteiger partial charge in [0, 0.05) is 0 Å². The number of nitrogens with zero attached hydrogens (tertiary/aromatic N) is 1. The van der Waals surface area contributed by atoms with Crippen LogP contribution in [0.15, 0.2) is 0 Å². The number of aliphatic hydroxyl groups is 1. The zero-order valence-electron chi connectivity index (χ0n) is 8.14. The second kappa shape index (κ2) is 5.56. The third-order valence-corrected chi connectivity index (χ3v) is 2.63. The van der Waals surface area contributed by atoms with E-state index < -0.39 is 0 Å². The summed E-state index contributed by atoms with van der Waals surface area (Å²) in [5.74, 6) is 0. The van der Waals surface area contributed by atoms with E-state index in [9.17, 15) is 5.11 Å². The molecular weight excluding hydrogens is 138 g/mol.